The number of fused-ring (bicyclic) bond motifs is 10. The van der Waals surface area contributed by atoms with Gasteiger partial charge in [-0.3, -0.25) is 0 Å². The lowest BCUT2D eigenvalue weighted by Gasteiger charge is -2.13. The topological polar surface area (TPSA) is 9.86 Å². The van der Waals surface area contributed by atoms with Gasteiger partial charge in [0.2, 0.25) is 0 Å². The number of rotatable bonds is 3. The van der Waals surface area contributed by atoms with E-state index in [1.165, 1.54) is 65.9 Å². The first-order valence-corrected chi connectivity index (χ1v) is 16.1. The summed E-state index contributed by atoms with van der Waals surface area (Å²) in [6, 6.07) is 54.8. The molecular weight excluding hydrogens is 580 g/mol. The molecule has 0 aliphatic heterocycles. The van der Waals surface area contributed by atoms with Gasteiger partial charge in [0, 0.05) is 49.9 Å². The van der Waals surface area contributed by atoms with Crippen molar-refractivity contribution in [2.45, 2.75) is 6.42 Å². The number of para-hydroxylation sites is 2. The van der Waals surface area contributed by atoms with Crippen molar-refractivity contribution in [3.8, 4) is 33.6 Å². The average molecular weight is 607 g/mol. The summed E-state index contributed by atoms with van der Waals surface area (Å²) in [6.07, 6.45) is 0.920. The van der Waals surface area contributed by atoms with Crippen molar-refractivity contribution in [2.24, 2.45) is 0 Å². The Bertz CT molecular complexity index is 2640. The molecule has 0 atom stereocenters. The zero-order chi connectivity index (χ0) is 30.4. The van der Waals surface area contributed by atoms with E-state index in [-0.39, 0.29) is 0 Å². The predicted octanol–water partition coefficient (Wildman–Crippen LogP) is 11.8. The largest absolute Gasteiger partial charge is 0.309 e. The van der Waals surface area contributed by atoms with Gasteiger partial charge in [-0.1, -0.05) is 115 Å². The van der Waals surface area contributed by atoms with Crippen LogP contribution in [-0.2, 0) is 6.42 Å². The first kappa shape index (κ1) is 25.7. The van der Waals surface area contributed by atoms with E-state index < -0.39 is 0 Å². The minimum Gasteiger partial charge on any atom is -0.309 e. The van der Waals surface area contributed by atoms with Gasteiger partial charge < -0.3 is 9.13 Å². The lowest BCUT2D eigenvalue weighted by atomic mass is 10.0. The molecule has 46 heavy (non-hydrogen) atoms. The smallest absolute Gasteiger partial charge is 0.0582 e. The van der Waals surface area contributed by atoms with E-state index in [4.69, 9.17) is 11.6 Å². The van der Waals surface area contributed by atoms with Gasteiger partial charge in [0.15, 0.2) is 0 Å². The van der Waals surface area contributed by atoms with Crippen LogP contribution in [0.5, 0.6) is 0 Å². The summed E-state index contributed by atoms with van der Waals surface area (Å²) in [7, 11) is 0. The number of hydrogen-bond acceptors (Lipinski definition) is 0. The van der Waals surface area contributed by atoms with Crippen LogP contribution >= 0.6 is 11.6 Å². The molecule has 216 valence electrons. The number of benzene rings is 7. The first-order valence-electron chi connectivity index (χ1n) is 15.8. The van der Waals surface area contributed by atoms with Crippen LogP contribution < -0.4 is 0 Å². The molecule has 0 fully saturated rings. The zero-order valence-corrected chi connectivity index (χ0v) is 25.7. The Labute approximate surface area is 271 Å². The molecule has 7 aromatic carbocycles. The van der Waals surface area contributed by atoms with Crippen molar-refractivity contribution >= 4 is 55.2 Å². The quantitative estimate of drug-likeness (QED) is 0.189. The summed E-state index contributed by atoms with van der Waals surface area (Å²) < 4.78 is 4.89. The van der Waals surface area contributed by atoms with Crippen LogP contribution in [0.3, 0.4) is 0 Å². The Kier molecular flexibility index (Phi) is 5.43. The van der Waals surface area contributed by atoms with E-state index in [2.05, 4.69) is 149 Å². The fourth-order valence-corrected chi connectivity index (χ4v) is 8.08. The van der Waals surface area contributed by atoms with Crippen LogP contribution in [0.15, 0.2) is 152 Å². The van der Waals surface area contributed by atoms with E-state index in [9.17, 15) is 0 Å². The average Bonchev–Trinajstić information content (AvgIpc) is 3.76. The highest BCUT2D eigenvalue weighted by Gasteiger charge is 2.25. The fraction of sp³-hybridized carbons (Fsp3) is 0.0233. The first-order chi connectivity index (χ1) is 22.7. The Morgan fingerprint density at radius 3 is 1.91 bits per heavy atom. The van der Waals surface area contributed by atoms with Gasteiger partial charge >= 0.3 is 0 Å². The second-order valence-corrected chi connectivity index (χ2v) is 12.7. The summed E-state index contributed by atoms with van der Waals surface area (Å²) >= 11 is 6.69. The molecule has 10 rings (SSSR count). The minimum absolute atomic E-state index is 0.758. The second kappa shape index (κ2) is 9.71. The molecule has 2 nitrogen and oxygen atoms in total. The lowest BCUT2D eigenvalue weighted by molar-refractivity contribution is 1.15. The maximum Gasteiger partial charge on any atom is 0.0582 e. The molecule has 0 spiro atoms. The standard InChI is InChI=1S/C43H27ClN2/c44-39-17-6-3-14-32(39)27-11-9-12-29(24-27)46-42-23-20-30(45-40-18-7-4-15-34(40)35-16-5-8-19-41(35)45)26-37(42)36-22-21-33-31-13-2-1-10-28(31)25-38(33)43(36)46/h1-24,26H,25H2. The van der Waals surface area contributed by atoms with Crippen LogP contribution in [0, 0.1) is 0 Å². The zero-order valence-electron chi connectivity index (χ0n) is 24.9. The molecule has 0 unspecified atom stereocenters. The van der Waals surface area contributed by atoms with Crippen molar-refractivity contribution in [3.05, 3.63) is 168 Å². The molecule has 9 aromatic rings. The predicted molar refractivity (Wildman–Crippen MR) is 194 cm³/mol. The normalized spacial score (nSPS) is 12.4. The minimum atomic E-state index is 0.758. The van der Waals surface area contributed by atoms with Crippen molar-refractivity contribution in [2.75, 3.05) is 0 Å². The van der Waals surface area contributed by atoms with Crippen LogP contribution in [0.4, 0.5) is 0 Å². The Balaban J connectivity index is 1.29. The number of nitrogens with zero attached hydrogens (tertiary/aromatic N) is 2. The van der Waals surface area contributed by atoms with Crippen molar-refractivity contribution in [3.63, 3.8) is 0 Å². The molecule has 0 saturated heterocycles. The molecule has 0 radical (unpaired) electrons. The van der Waals surface area contributed by atoms with E-state index in [1.54, 1.807) is 0 Å². The summed E-state index contributed by atoms with van der Waals surface area (Å²) in [6.45, 7) is 0. The SMILES string of the molecule is Clc1ccccc1-c1cccc(-n2c3ccc(-n4c5ccccc5c5ccccc54)cc3c3ccc4c(c32)Cc2ccccc2-4)c1. The highest BCUT2D eigenvalue weighted by molar-refractivity contribution is 6.33. The number of aromatic nitrogens is 2. The van der Waals surface area contributed by atoms with Crippen molar-refractivity contribution in [1.29, 1.82) is 0 Å². The summed E-state index contributed by atoms with van der Waals surface area (Å²) in [5.74, 6) is 0. The molecule has 0 amide bonds. The highest BCUT2D eigenvalue weighted by atomic mass is 35.5. The van der Waals surface area contributed by atoms with Crippen LogP contribution in [0.2, 0.25) is 5.02 Å². The number of hydrogen-bond donors (Lipinski definition) is 0. The van der Waals surface area contributed by atoms with Crippen LogP contribution in [0.1, 0.15) is 11.1 Å². The van der Waals surface area contributed by atoms with Gasteiger partial charge in [-0.25, -0.2) is 0 Å². The molecule has 0 bridgehead atoms. The molecule has 1 aliphatic carbocycles. The Morgan fingerprint density at radius 2 is 1.11 bits per heavy atom. The Hall–Kier alpha value is -5.57. The number of halogens is 1. The van der Waals surface area contributed by atoms with Crippen LogP contribution in [0.25, 0.3) is 77.2 Å². The summed E-state index contributed by atoms with van der Waals surface area (Å²) in [5.41, 5.74) is 14.8. The fourth-order valence-electron chi connectivity index (χ4n) is 7.84. The van der Waals surface area contributed by atoms with Gasteiger partial charge in [0.1, 0.15) is 0 Å². The van der Waals surface area contributed by atoms with Gasteiger partial charge in [0.05, 0.1) is 22.1 Å². The van der Waals surface area contributed by atoms with E-state index in [1.807, 2.05) is 12.1 Å². The van der Waals surface area contributed by atoms with Gasteiger partial charge in [-0.2, -0.15) is 0 Å². The van der Waals surface area contributed by atoms with E-state index in [0.29, 0.717) is 0 Å². The van der Waals surface area contributed by atoms with Crippen molar-refractivity contribution < 1.29 is 0 Å². The summed E-state index contributed by atoms with van der Waals surface area (Å²) in [5, 5.41) is 5.82. The third kappa shape index (κ3) is 3.59. The lowest BCUT2D eigenvalue weighted by Crippen LogP contribution is -1.98. The van der Waals surface area contributed by atoms with Crippen LogP contribution in [-0.4, -0.2) is 9.13 Å². The van der Waals surface area contributed by atoms with Crippen molar-refractivity contribution in [1.82, 2.24) is 9.13 Å². The molecule has 0 N–H and O–H groups in total. The van der Waals surface area contributed by atoms with Gasteiger partial charge in [0.25, 0.3) is 0 Å². The monoisotopic (exact) mass is 606 g/mol. The molecule has 3 heteroatoms. The molecule has 1 aliphatic rings. The third-order valence-corrected chi connectivity index (χ3v) is 10.1. The van der Waals surface area contributed by atoms with Gasteiger partial charge in [-0.15, -0.1) is 0 Å². The van der Waals surface area contributed by atoms with E-state index >= 15 is 0 Å². The molecular formula is C43H27ClN2. The molecule has 0 saturated carbocycles. The Morgan fingerprint density at radius 1 is 0.435 bits per heavy atom. The third-order valence-electron chi connectivity index (χ3n) is 9.82. The maximum atomic E-state index is 6.69. The maximum absolute atomic E-state index is 6.69. The highest BCUT2D eigenvalue weighted by Crippen LogP contribution is 2.45. The van der Waals surface area contributed by atoms with Gasteiger partial charge in [-0.05, 0) is 76.3 Å². The molecule has 2 heterocycles. The molecule has 2 aromatic heterocycles. The summed E-state index contributed by atoms with van der Waals surface area (Å²) in [4.78, 5) is 0. The second-order valence-electron chi connectivity index (χ2n) is 12.3. The van der Waals surface area contributed by atoms with E-state index in [0.717, 1.165) is 33.9 Å².